The summed E-state index contributed by atoms with van der Waals surface area (Å²) in [6.45, 7) is 0. The number of amides is 1. The zero-order chi connectivity index (χ0) is 18.9. The third kappa shape index (κ3) is 3.62. The monoisotopic (exact) mass is 382 g/mol. The first kappa shape index (κ1) is 17.7. The molecule has 0 radical (unpaired) electrons. The molecule has 134 valence electrons. The summed E-state index contributed by atoms with van der Waals surface area (Å²) in [5.41, 5.74) is -1.91. The Bertz CT molecular complexity index is 1010. The Morgan fingerprint density at radius 1 is 1.15 bits per heavy atom. The van der Waals surface area contributed by atoms with Crippen LogP contribution >= 0.6 is 11.6 Å². The highest BCUT2D eigenvalue weighted by molar-refractivity contribution is 6.30. The molecule has 0 spiro atoms. The molecule has 10 heteroatoms. The van der Waals surface area contributed by atoms with E-state index in [2.05, 4.69) is 15.4 Å². The molecule has 0 fully saturated rings. The van der Waals surface area contributed by atoms with E-state index in [9.17, 15) is 22.8 Å². The summed E-state index contributed by atoms with van der Waals surface area (Å²) in [4.78, 5) is 26.4. The molecule has 1 aromatic heterocycles. The summed E-state index contributed by atoms with van der Waals surface area (Å²) in [6, 6.07) is 11.2. The summed E-state index contributed by atoms with van der Waals surface area (Å²) in [5, 5.41) is 5.78. The number of rotatable bonds is 3. The maximum atomic E-state index is 13.1. The normalized spacial score (nSPS) is 11.4. The van der Waals surface area contributed by atoms with Crippen molar-refractivity contribution in [2.75, 3.05) is 5.32 Å². The van der Waals surface area contributed by atoms with Gasteiger partial charge >= 0.3 is 11.9 Å². The predicted octanol–water partition coefficient (Wildman–Crippen LogP) is 3.49. The molecule has 1 amide bonds. The number of aromatic amines is 1. The molecule has 0 atom stereocenters. The number of anilines is 1. The number of H-pyrrole nitrogens is 1. The molecule has 0 unspecified atom stereocenters. The summed E-state index contributed by atoms with van der Waals surface area (Å²) in [5.74, 6) is -1.42. The van der Waals surface area contributed by atoms with Gasteiger partial charge in [-0.2, -0.15) is 17.9 Å². The van der Waals surface area contributed by atoms with Crippen LogP contribution in [0.5, 0.6) is 0 Å². The maximum Gasteiger partial charge on any atom is 0.418 e. The van der Waals surface area contributed by atoms with Crippen molar-refractivity contribution in [1.82, 2.24) is 14.8 Å². The first-order chi connectivity index (χ1) is 12.3. The minimum absolute atomic E-state index is 0.128. The van der Waals surface area contributed by atoms with Crippen molar-refractivity contribution in [3.05, 3.63) is 75.4 Å². The van der Waals surface area contributed by atoms with Crippen molar-refractivity contribution in [2.45, 2.75) is 6.18 Å². The van der Waals surface area contributed by atoms with Crippen molar-refractivity contribution >= 4 is 23.2 Å². The average molecular weight is 383 g/mol. The van der Waals surface area contributed by atoms with Gasteiger partial charge in [-0.15, -0.1) is 5.10 Å². The van der Waals surface area contributed by atoms with E-state index in [1.807, 2.05) is 0 Å². The van der Waals surface area contributed by atoms with E-state index >= 15 is 0 Å². The van der Waals surface area contributed by atoms with Crippen LogP contribution in [0, 0.1) is 0 Å². The lowest BCUT2D eigenvalue weighted by atomic mass is 10.1. The van der Waals surface area contributed by atoms with Crippen molar-refractivity contribution in [3.8, 4) is 5.69 Å². The number of carbonyl (C=O) groups is 1. The summed E-state index contributed by atoms with van der Waals surface area (Å²) >= 11 is 5.59. The molecule has 2 aromatic carbocycles. The molecule has 0 bridgehead atoms. The van der Waals surface area contributed by atoms with Gasteiger partial charge in [-0.05, 0) is 30.3 Å². The highest BCUT2D eigenvalue weighted by Gasteiger charge is 2.34. The van der Waals surface area contributed by atoms with Crippen LogP contribution in [0.1, 0.15) is 16.2 Å². The van der Waals surface area contributed by atoms with Gasteiger partial charge in [-0.1, -0.05) is 29.8 Å². The van der Waals surface area contributed by atoms with Gasteiger partial charge in [0.25, 0.3) is 5.91 Å². The third-order valence-electron chi connectivity index (χ3n) is 3.37. The molecule has 0 aliphatic heterocycles. The first-order valence-corrected chi connectivity index (χ1v) is 7.56. The molecule has 6 nitrogen and oxygen atoms in total. The molecule has 0 saturated heterocycles. The molecule has 3 aromatic rings. The molecule has 0 aliphatic rings. The Morgan fingerprint density at radius 3 is 2.50 bits per heavy atom. The minimum atomic E-state index is -4.72. The number of hydrogen-bond donors (Lipinski definition) is 2. The van der Waals surface area contributed by atoms with Gasteiger partial charge in [-0.25, -0.2) is 4.79 Å². The highest BCUT2D eigenvalue weighted by atomic mass is 35.5. The van der Waals surface area contributed by atoms with Crippen molar-refractivity contribution in [3.63, 3.8) is 0 Å². The van der Waals surface area contributed by atoms with E-state index in [0.717, 1.165) is 10.7 Å². The second kappa shape index (κ2) is 6.68. The van der Waals surface area contributed by atoms with Crippen LogP contribution < -0.4 is 11.0 Å². The minimum Gasteiger partial charge on any atom is -0.319 e. The number of para-hydroxylation sites is 1. The number of aromatic nitrogens is 3. The average Bonchev–Trinajstić information content (AvgIpc) is 2.98. The predicted molar refractivity (Wildman–Crippen MR) is 88.6 cm³/mol. The Hall–Kier alpha value is -3.07. The first-order valence-electron chi connectivity index (χ1n) is 7.18. The van der Waals surface area contributed by atoms with Crippen LogP contribution in [0.25, 0.3) is 5.69 Å². The van der Waals surface area contributed by atoms with Gasteiger partial charge in [0.1, 0.15) is 0 Å². The van der Waals surface area contributed by atoms with Crippen LogP contribution in [0.15, 0.2) is 53.3 Å². The van der Waals surface area contributed by atoms with Crippen LogP contribution in [-0.2, 0) is 6.18 Å². The van der Waals surface area contributed by atoms with Gasteiger partial charge in [0.2, 0.25) is 5.82 Å². The second-order valence-electron chi connectivity index (χ2n) is 5.17. The number of benzene rings is 2. The Labute approximate surface area is 149 Å². The lowest BCUT2D eigenvalue weighted by Gasteiger charge is -2.13. The zero-order valence-electron chi connectivity index (χ0n) is 12.8. The van der Waals surface area contributed by atoms with Crippen molar-refractivity contribution < 1.29 is 18.0 Å². The smallest absolute Gasteiger partial charge is 0.319 e. The Balaban J connectivity index is 1.92. The fourth-order valence-electron chi connectivity index (χ4n) is 2.21. The van der Waals surface area contributed by atoms with E-state index in [-0.39, 0.29) is 5.02 Å². The van der Waals surface area contributed by atoms with E-state index in [0.29, 0.717) is 11.8 Å². The lowest BCUT2D eigenvalue weighted by Crippen LogP contribution is -2.18. The number of alkyl halides is 3. The molecule has 0 saturated carbocycles. The van der Waals surface area contributed by atoms with Gasteiger partial charge in [-0.3, -0.25) is 9.78 Å². The van der Waals surface area contributed by atoms with Crippen LogP contribution in [-0.4, -0.2) is 20.7 Å². The largest absolute Gasteiger partial charge is 0.418 e. The quantitative estimate of drug-likeness (QED) is 0.727. The van der Waals surface area contributed by atoms with Crippen molar-refractivity contribution in [2.24, 2.45) is 0 Å². The molecule has 1 heterocycles. The zero-order valence-corrected chi connectivity index (χ0v) is 13.6. The standard InChI is InChI=1S/C16H10ClF3N4O2/c17-9-6-7-12(11(8-9)16(18,19)20)21-14(25)13-22-15(26)24(23-13)10-4-2-1-3-5-10/h1-8H,(H,21,25)(H,22,23,26). The molecule has 26 heavy (non-hydrogen) atoms. The fourth-order valence-corrected chi connectivity index (χ4v) is 2.38. The van der Waals surface area contributed by atoms with Gasteiger partial charge < -0.3 is 5.32 Å². The number of halogens is 4. The Kier molecular flexibility index (Phi) is 4.56. The van der Waals surface area contributed by atoms with Crippen LogP contribution in [0.4, 0.5) is 18.9 Å². The third-order valence-corrected chi connectivity index (χ3v) is 3.60. The van der Waals surface area contributed by atoms with Crippen LogP contribution in [0.2, 0.25) is 5.02 Å². The lowest BCUT2D eigenvalue weighted by molar-refractivity contribution is -0.136. The van der Waals surface area contributed by atoms with Crippen molar-refractivity contribution in [1.29, 1.82) is 0 Å². The fraction of sp³-hybridized carbons (Fsp3) is 0.0625. The van der Waals surface area contributed by atoms with Gasteiger partial charge in [0.15, 0.2) is 0 Å². The SMILES string of the molecule is O=C(Nc1ccc(Cl)cc1C(F)(F)F)c1nn(-c2ccccc2)c(=O)[nH]1. The van der Waals surface area contributed by atoms with E-state index in [1.165, 1.54) is 6.07 Å². The molecule has 2 N–H and O–H groups in total. The second-order valence-corrected chi connectivity index (χ2v) is 5.60. The molecular weight excluding hydrogens is 373 g/mol. The summed E-state index contributed by atoms with van der Waals surface area (Å²) < 4.78 is 40.2. The number of nitrogens with one attached hydrogen (secondary N) is 2. The van der Waals surface area contributed by atoms with Gasteiger partial charge in [0, 0.05) is 5.02 Å². The van der Waals surface area contributed by atoms with Gasteiger partial charge in [0.05, 0.1) is 16.9 Å². The summed E-state index contributed by atoms with van der Waals surface area (Å²) in [6.07, 6.45) is -4.72. The topological polar surface area (TPSA) is 79.8 Å². The van der Waals surface area contributed by atoms with Crippen LogP contribution in [0.3, 0.4) is 0 Å². The van der Waals surface area contributed by atoms with E-state index in [1.54, 1.807) is 30.3 Å². The maximum absolute atomic E-state index is 13.1. The number of nitrogens with zero attached hydrogens (tertiary/aromatic N) is 2. The van der Waals surface area contributed by atoms with E-state index < -0.39 is 34.8 Å². The van der Waals surface area contributed by atoms with E-state index in [4.69, 9.17) is 11.6 Å². The highest BCUT2D eigenvalue weighted by Crippen LogP contribution is 2.36. The number of hydrogen-bond acceptors (Lipinski definition) is 3. The molecule has 3 rings (SSSR count). The summed E-state index contributed by atoms with van der Waals surface area (Å²) in [7, 11) is 0. The Morgan fingerprint density at radius 2 is 1.85 bits per heavy atom. The number of carbonyl (C=O) groups excluding carboxylic acids is 1. The molecule has 0 aliphatic carbocycles. The molecular formula is C16H10ClF3N4O2.